The molecule has 0 radical (unpaired) electrons. The van der Waals surface area contributed by atoms with Gasteiger partial charge in [-0.1, -0.05) is 13.0 Å². The van der Waals surface area contributed by atoms with Crippen molar-refractivity contribution in [3.63, 3.8) is 0 Å². The summed E-state index contributed by atoms with van der Waals surface area (Å²) in [5.74, 6) is -3.72. The monoisotopic (exact) mass is 599 g/mol. The van der Waals surface area contributed by atoms with E-state index < -0.39 is 82.7 Å². The Morgan fingerprint density at radius 2 is 1.41 bits per heavy atom. The lowest BCUT2D eigenvalue weighted by Crippen LogP contribution is -2.42. The number of carbonyl (C=O) groups excluding carboxylic acids is 2. The highest BCUT2D eigenvalue weighted by Crippen LogP contribution is 2.47. The molecule has 0 bridgehead atoms. The molecule has 1 amide bonds. The molecule has 1 heterocycles. The summed E-state index contributed by atoms with van der Waals surface area (Å²) in [5, 5.41) is 9.18. The average molecular weight is 599 g/mol. The Bertz CT molecular complexity index is 1300. The van der Waals surface area contributed by atoms with Gasteiger partial charge in [-0.05, 0) is 60.9 Å². The van der Waals surface area contributed by atoms with Crippen LogP contribution in [0.15, 0.2) is 42.5 Å². The van der Waals surface area contributed by atoms with Crippen LogP contribution >= 0.6 is 0 Å². The van der Waals surface area contributed by atoms with Crippen molar-refractivity contribution in [3.05, 3.63) is 70.3 Å². The molecule has 0 spiro atoms. The van der Waals surface area contributed by atoms with E-state index in [1.165, 1.54) is 13.8 Å². The molecule has 0 aromatic heterocycles. The van der Waals surface area contributed by atoms with Crippen LogP contribution in [0.1, 0.15) is 54.0 Å². The van der Waals surface area contributed by atoms with Crippen LogP contribution in [0.25, 0.3) is 5.57 Å². The van der Waals surface area contributed by atoms with Crippen LogP contribution in [0.4, 0.5) is 50.0 Å². The van der Waals surface area contributed by atoms with Crippen LogP contribution in [-0.4, -0.2) is 36.6 Å². The van der Waals surface area contributed by atoms with Crippen LogP contribution in [0, 0.1) is 0 Å². The highest BCUT2D eigenvalue weighted by molar-refractivity contribution is 6.02. The van der Waals surface area contributed by atoms with Crippen molar-refractivity contribution in [2.24, 2.45) is 0 Å². The van der Waals surface area contributed by atoms with Crippen LogP contribution in [0.2, 0.25) is 0 Å². The van der Waals surface area contributed by atoms with E-state index in [9.17, 15) is 54.2 Å². The predicted octanol–water partition coefficient (Wildman–Crippen LogP) is 7.16. The molecular weight excluding hydrogens is 577 g/mol. The third kappa shape index (κ3) is 6.77. The molecule has 1 aliphatic rings. The first-order chi connectivity index (χ1) is 18.9. The summed E-state index contributed by atoms with van der Waals surface area (Å²) in [6.45, 7) is 1.53. The summed E-state index contributed by atoms with van der Waals surface area (Å²) in [4.78, 5) is 26.8. The van der Waals surface area contributed by atoms with Gasteiger partial charge < -0.3 is 14.6 Å². The van der Waals surface area contributed by atoms with Gasteiger partial charge in [-0.25, -0.2) is 4.79 Å². The minimum atomic E-state index is -5.31. The van der Waals surface area contributed by atoms with Crippen LogP contribution < -0.4 is 4.90 Å². The SMILES string of the molecule is CCOC(=O)N1c2ccc(C(F)(F)F)cc2C([C@@H](C(=O)OCO)c2cc(C(F)(F)F)cc(C(F)(F)F)c2)=C[C@H]1CC. The normalized spacial score (nSPS) is 16.5. The minimum absolute atomic E-state index is 0.0426. The lowest BCUT2D eigenvalue weighted by Gasteiger charge is -2.37. The lowest BCUT2D eigenvalue weighted by molar-refractivity contribution is -0.152. The quantitative estimate of drug-likeness (QED) is 0.217. The Labute approximate surface area is 226 Å². The second-order valence-electron chi connectivity index (χ2n) is 8.76. The molecule has 6 nitrogen and oxygen atoms in total. The number of aliphatic hydroxyl groups is 1. The van der Waals surface area contributed by atoms with E-state index in [1.807, 2.05) is 0 Å². The molecule has 1 aliphatic heterocycles. The largest absolute Gasteiger partial charge is 0.449 e. The number of amides is 1. The number of aliphatic hydroxyl groups excluding tert-OH is 1. The van der Waals surface area contributed by atoms with Gasteiger partial charge in [-0.3, -0.25) is 9.69 Å². The fourth-order valence-electron chi connectivity index (χ4n) is 4.42. The molecular formula is C26H22F9NO5. The van der Waals surface area contributed by atoms with E-state index >= 15 is 0 Å². The van der Waals surface area contributed by atoms with E-state index in [0.717, 1.165) is 17.0 Å². The van der Waals surface area contributed by atoms with Crippen molar-refractivity contribution in [2.75, 3.05) is 18.3 Å². The zero-order valence-electron chi connectivity index (χ0n) is 21.2. The maximum Gasteiger partial charge on any atom is 0.416 e. The van der Waals surface area contributed by atoms with Gasteiger partial charge in [0.05, 0.1) is 35.0 Å². The second kappa shape index (κ2) is 11.6. The van der Waals surface area contributed by atoms with Crippen LogP contribution in [0.5, 0.6) is 0 Å². The number of hydrogen-bond donors (Lipinski definition) is 1. The number of ether oxygens (including phenoxy) is 2. The third-order valence-electron chi connectivity index (χ3n) is 6.18. The lowest BCUT2D eigenvalue weighted by atomic mass is 9.80. The Morgan fingerprint density at radius 1 is 0.854 bits per heavy atom. The first-order valence-electron chi connectivity index (χ1n) is 11.9. The number of nitrogens with zero attached hydrogens (tertiary/aromatic N) is 1. The number of carbonyl (C=O) groups is 2. The Kier molecular flexibility index (Phi) is 9.01. The van der Waals surface area contributed by atoms with Crippen molar-refractivity contribution >= 4 is 23.3 Å². The van der Waals surface area contributed by atoms with E-state index in [1.54, 1.807) is 0 Å². The van der Waals surface area contributed by atoms with E-state index in [-0.39, 0.29) is 36.9 Å². The Balaban J connectivity index is 2.42. The molecule has 2 aromatic rings. The standard InChI is InChI=1S/C26H22F9NO5/c1-3-17-11-19(18-10-14(24(27,28)29)5-6-20(18)36(17)23(39)40-4-2)21(22(38)41-12-37)13-7-15(25(30,31)32)9-16(8-13)26(33,34)35/h5-11,17,21,37H,3-4,12H2,1-2H3/t17-,21+/m1/s1. The molecule has 2 aromatic carbocycles. The van der Waals surface area contributed by atoms with Gasteiger partial charge in [0.1, 0.15) is 5.92 Å². The molecule has 224 valence electrons. The van der Waals surface area contributed by atoms with Gasteiger partial charge in [-0.2, -0.15) is 39.5 Å². The maximum absolute atomic E-state index is 13.7. The summed E-state index contributed by atoms with van der Waals surface area (Å²) in [6.07, 6.45) is -15.5. The maximum atomic E-state index is 13.7. The van der Waals surface area contributed by atoms with E-state index in [4.69, 9.17) is 4.74 Å². The van der Waals surface area contributed by atoms with Crippen molar-refractivity contribution in [3.8, 4) is 0 Å². The average Bonchev–Trinajstić information content (AvgIpc) is 2.86. The van der Waals surface area contributed by atoms with Gasteiger partial charge in [-0.15, -0.1) is 0 Å². The zero-order chi connectivity index (χ0) is 30.9. The summed E-state index contributed by atoms with van der Waals surface area (Å²) >= 11 is 0. The highest BCUT2D eigenvalue weighted by atomic mass is 19.4. The number of rotatable bonds is 6. The van der Waals surface area contributed by atoms with E-state index in [0.29, 0.717) is 12.1 Å². The number of benzene rings is 2. The van der Waals surface area contributed by atoms with Crippen molar-refractivity contribution in [1.82, 2.24) is 0 Å². The number of halogens is 9. The summed E-state index contributed by atoms with van der Waals surface area (Å²) in [5.41, 5.74) is -6.98. The smallest absolute Gasteiger partial charge is 0.416 e. The van der Waals surface area contributed by atoms with Gasteiger partial charge in [0, 0.05) is 5.56 Å². The highest BCUT2D eigenvalue weighted by Gasteiger charge is 2.42. The van der Waals surface area contributed by atoms with Gasteiger partial charge in [0.15, 0.2) is 6.79 Å². The predicted molar refractivity (Wildman–Crippen MR) is 125 cm³/mol. The number of esters is 1. The van der Waals surface area contributed by atoms with Crippen molar-refractivity contribution < 1.29 is 63.7 Å². The molecule has 0 fully saturated rings. The summed E-state index contributed by atoms with van der Waals surface area (Å²) in [6, 6.07) is 1.26. The Morgan fingerprint density at radius 3 is 1.88 bits per heavy atom. The van der Waals surface area contributed by atoms with Crippen molar-refractivity contribution in [2.45, 2.75) is 50.8 Å². The van der Waals surface area contributed by atoms with Crippen molar-refractivity contribution in [1.29, 1.82) is 0 Å². The molecule has 0 saturated heterocycles. The molecule has 41 heavy (non-hydrogen) atoms. The first-order valence-corrected chi connectivity index (χ1v) is 11.9. The minimum Gasteiger partial charge on any atom is -0.449 e. The molecule has 1 N–H and O–H groups in total. The number of fused-ring (bicyclic) bond motifs is 1. The first kappa shape index (κ1) is 31.8. The number of anilines is 1. The van der Waals surface area contributed by atoms with Gasteiger partial charge >= 0.3 is 30.6 Å². The fraction of sp³-hybridized carbons (Fsp3) is 0.385. The van der Waals surface area contributed by atoms with Gasteiger partial charge in [0.25, 0.3) is 0 Å². The number of alkyl halides is 9. The molecule has 3 rings (SSSR count). The molecule has 15 heteroatoms. The van der Waals surface area contributed by atoms with Gasteiger partial charge in [0.2, 0.25) is 0 Å². The molecule has 0 unspecified atom stereocenters. The zero-order valence-corrected chi connectivity index (χ0v) is 21.2. The Hall–Kier alpha value is -3.75. The molecule has 0 saturated carbocycles. The van der Waals surface area contributed by atoms with E-state index in [2.05, 4.69) is 4.74 Å². The summed E-state index contributed by atoms with van der Waals surface area (Å²) < 4.78 is 132. The van der Waals surface area contributed by atoms with Crippen LogP contribution in [0.3, 0.4) is 0 Å². The van der Waals surface area contributed by atoms with Crippen LogP contribution in [-0.2, 0) is 32.8 Å². The second-order valence-corrected chi connectivity index (χ2v) is 8.76. The number of hydrogen-bond acceptors (Lipinski definition) is 5. The molecule has 0 aliphatic carbocycles. The summed E-state index contributed by atoms with van der Waals surface area (Å²) in [7, 11) is 0. The topological polar surface area (TPSA) is 76.1 Å². The third-order valence-corrected chi connectivity index (χ3v) is 6.18. The fourth-order valence-corrected chi connectivity index (χ4v) is 4.42. The molecule has 2 atom stereocenters.